The van der Waals surface area contributed by atoms with E-state index in [1.807, 2.05) is 30.3 Å². The smallest absolute Gasteiger partial charge is 0.193 e. The van der Waals surface area contributed by atoms with Gasteiger partial charge < -0.3 is 4.90 Å². The zero-order valence-electron chi connectivity index (χ0n) is 14.9. The highest BCUT2D eigenvalue weighted by Crippen LogP contribution is 2.16. The molecule has 3 rings (SSSR count). The fourth-order valence-electron chi connectivity index (χ4n) is 3.12. The van der Waals surface area contributed by atoms with Gasteiger partial charge in [0, 0.05) is 43.9 Å². The van der Waals surface area contributed by atoms with E-state index < -0.39 is 0 Å². The van der Waals surface area contributed by atoms with E-state index in [0.717, 1.165) is 49.4 Å². The van der Waals surface area contributed by atoms with Gasteiger partial charge in [-0.05, 0) is 49.7 Å². The van der Waals surface area contributed by atoms with Gasteiger partial charge in [0.25, 0.3) is 0 Å². The van der Waals surface area contributed by atoms with Gasteiger partial charge in [-0.1, -0.05) is 30.3 Å². The summed E-state index contributed by atoms with van der Waals surface area (Å²) in [7, 11) is 2.17. The first-order valence-electron chi connectivity index (χ1n) is 8.65. The van der Waals surface area contributed by atoms with Gasteiger partial charge in [-0.3, -0.25) is 9.69 Å². The molecule has 1 saturated heterocycles. The second-order valence-electron chi connectivity index (χ2n) is 6.91. The lowest BCUT2D eigenvalue weighted by Gasteiger charge is -2.32. The summed E-state index contributed by atoms with van der Waals surface area (Å²) in [6.45, 7) is 9.44. The number of ketones is 1. The monoisotopic (exact) mass is 322 g/mol. The zero-order valence-corrected chi connectivity index (χ0v) is 14.9. The fourth-order valence-corrected chi connectivity index (χ4v) is 3.12. The number of benzene rings is 2. The molecule has 1 heterocycles. The van der Waals surface area contributed by atoms with E-state index in [-0.39, 0.29) is 5.78 Å². The lowest BCUT2D eigenvalue weighted by atomic mass is 9.98. The Morgan fingerprint density at radius 1 is 0.917 bits per heavy atom. The Labute approximate surface area is 144 Å². The van der Waals surface area contributed by atoms with Crippen molar-refractivity contribution < 1.29 is 4.79 Å². The average molecular weight is 322 g/mol. The molecule has 0 amide bonds. The van der Waals surface area contributed by atoms with Crippen LogP contribution in [-0.4, -0.2) is 48.8 Å². The Balaban J connectivity index is 1.74. The van der Waals surface area contributed by atoms with Gasteiger partial charge in [-0.2, -0.15) is 0 Å². The van der Waals surface area contributed by atoms with Crippen molar-refractivity contribution in [2.75, 3.05) is 33.2 Å². The second kappa shape index (κ2) is 7.29. The predicted molar refractivity (Wildman–Crippen MR) is 98.6 cm³/mol. The van der Waals surface area contributed by atoms with E-state index in [0.29, 0.717) is 0 Å². The predicted octanol–water partition coefficient (Wildman–Crippen LogP) is 3.28. The van der Waals surface area contributed by atoms with Crippen molar-refractivity contribution in [2.45, 2.75) is 20.4 Å². The number of piperazine rings is 1. The highest BCUT2D eigenvalue weighted by Gasteiger charge is 2.15. The molecule has 1 aliphatic heterocycles. The van der Waals surface area contributed by atoms with Crippen molar-refractivity contribution in [3.63, 3.8) is 0 Å². The van der Waals surface area contributed by atoms with Crippen molar-refractivity contribution in [1.82, 2.24) is 9.80 Å². The molecule has 24 heavy (non-hydrogen) atoms. The Bertz CT molecular complexity index is 730. The number of hydrogen-bond donors (Lipinski definition) is 0. The lowest BCUT2D eigenvalue weighted by molar-refractivity contribution is 0.103. The Hall–Kier alpha value is -1.97. The number of hydrogen-bond acceptors (Lipinski definition) is 3. The molecule has 1 aliphatic rings. The highest BCUT2D eigenvalue weighted by molar-refractivity contribution is 6.09. The third kappa shape index (κ3) is 3.92. The topological polar surface area (TPSA) is 23.6 Å². The number of aryl methyl sites for hydroxylation is 2. The minimum Gasteiger partial charge on any atom is -0.304 e. The van der Waals surface area contributed by atoms with E-state index in [1.165, 1.54) is 11.1 Å². The summed E-state index contributed by atoms with van der Waals surface area (Å²) in [6, 6.07) is 14.0. The number of carbonyl (C=O) groups is 1. The van der Waals surface area contributed by atoms with E-state index in [4.69, 9.17) is 0 Å². The summed E-state index contributed by atoms with van der Waals surface area (Å²) in [5.41, 5.74) is 5.15. The molecule has 0 aromatic heterocycles. The molecule has 3 nitrogen and oxygen atoms in total. The van der Waals surface area contributed by atoms with Crippen LogP contribution in [0.1, 0.15) is 32.6 Å². The third-order valence-corrected chi connectivity index (χ3v) is 4.96. The van der Waals surface area contributed by atoms with E-state index in [9.17, 15) is 4.79 Å². The van der Waals surface area contributed by atoms with Gasteiger partial charge >= 0.3 is 0 Å². The quantitative estimate of drug-likeness (QED) is 0.807. The van der Waals surface area contributed by atoms with Crippen molar-refractivity contribution in [3.8, 4) is 0 Å². The van der Waals surface area contributed by atoms with Gasteiger partial charge in [0.1, 0.15) is 0 Å². The molecule has 126 valence electrons. The summed E-state index contributed by atoms with van der Waals surface area (Å²) in [6.07, 6.45) is 0. The van der Waals surface area contributed by atoms with E-state index in [2.05, 4.69) is 42.8 Å². The van der Waals surface area contributed by atoms with Crippen LogP contribution < -0.4 is 0 Å². The van der Waals surface area contributed by atoms with Crippen molar-refractivity contribution in [2.24, 2.45) is 0 Å². The molecule has 2 aromatic carbocycles. The lowest BCUT2D eigenvalue weighted by Crippen LogP contribution is -2.43. The molecule has 0 N–H and O–H groups in total. The van der Waals surface area contributed by atoms with Crippen LogP contribution in [0.15, 0.2) is 42.5 Å². The SMILES string of the molecule is Cc1ccc(C(=O)c2cccc(CN3CCN(C)CC3)c2)cc1C. The second-order valence-corrected chi connectivity index (χ2v) is 6.91. The Kier molecular flexibility index (Phi) is 5.12. The van der Waals surface area contributed by atoms with E-state index >= 15 is 0 Å². The van der Waals surface area contributed by atoms with Crippen LogP contribution in [0.2, 0.25) is 0 Å². The van der Waals surface area contributed by atoms with Gasteiger partial charge in [0.15, 0.2) is 5.78 Å². The molecule has 2 aromatic rings. The fraction of sp³-hybridized carbons (Fsp3) is 0.381. The number of rotatable bonds is 4. The van der Waals surface area contributed by atoms with Gasteiger partial charge in [0.05, 0.1) is 0 Å². The standard InChI is InChI=1S/C21H26N2O/c1-16-7-8-20(13-17(16)2)21(24)19-6-4-5-18(14-19)15-23-11-9-22(3)10-12-23/h4-8,13-14H,9-12,15H2,1-3H3. The van der Waals surface area contributed by atoms with Gasteiger partial charge in [-0.25, -0.2) is 0 Å². The van der Waals surface area contributed by atoms with Crippen molar-refractivity contribution >= 4 is 5.78 Å². The zero-order chi connectivity index (χ0) is 17.1. The average Bonchev–Trinajstić information content (AvgIpc) is 2.59. The van der Waals surface area contributed by atoms with Crippen molar-refractivity contribution in [3.05, 3.63) is 70.3 Å². The third-order valence-electron chi connectivity index (χ3n) is 4.96. The molecular formula is C21H26N2O. The molecule has 0 unspecified atom stereocenters. The summed E-state index contributed by atoms with van der Waals surface area (Å²) in [5, 5.41) is 0. The molecule has 0 radical (unpaired) electrons. The minimum atomic E-state index is 0.110. The van der Waals surface area contributed by atoms with E-state index in [1.54, 1.807) is 0 Å². The van der Waals surface area contributed by atoms with Crippen molar-refractivity contribution in [1.29, 1.82) is 0 Å². The molecule has 0 bridgehead atoms. The molecule has 0 spiro atoms. The summed E-state index contributed by atoms with van der Waals surface area (Å²) >= 11 is 0. The number of carbonyl (C=O) groups excluding carboxylic acids is 1. The summed E-state index contributed by atoms with van der Waals surface area (Å²) < 4.78 is 0. The van der Waals surface area contributed by atoms with Crippen LogP contribution in [-0.2, 0) is 6.54 Å². The molecule has 0 atom stereocenters. The van der Waals surface area contributed by atoms with Crippen LogP contribution in [0.25, 0.3) is 0 Å². The van der Waals surface area contributed by atoms with Gasteiger partial charge in [0.2, 0.25) is 0 Å². The van der Waals surface area contributed by atoms with Crippen LogP contribution in [0, 0.1) is 13.8 Å². The molecule has 3 heteroatoms. The normalized spacial score (nSPS) is 16.3. The molecular weight excluding hydrogens is 296 g/mol. The molecule has 0 saturated carbocycles. The minimum absolute atomic E-state index is 0.110. The Morgan fingerprint density at radius 3 is 2.33 bits per heavy atom. The maximum absolute atomic E-state index is 12.8. The maximum Gasteiger partial charge on any atom is 0.193 e. The van der Waals surface area contributed by atoms with Crippen LogP contribution in [0.4, 0.5) is 0 Å². The Morgan fingerprint density at radius 2 is 1.62 bits per heavy atom. The van der Waals surface area contributed by atoms with Gasteiger partial charge in [-0.15, -0.1) is 0 Å². The molecule has 1 fully saturated rings. The summed E-state index contributed by atoms with van der Waals surface area (Å²) in [5.74, 6) is 0.110. The first kappa shape index (κ1) is 16.9. The number of likely N-dealkylation sites (N-methyl/N-ethyl adjacent to an activating group) is 1. The van der Waals surface area contributed by atoms with Crippen LogP contribution >= 0.6 is 0 Å². The maximum atomic E-state index is 12.8. The molecule has 0 aliphatic carbocycles. The summed E-state index contributed by atoms with van der Waals surface area (Å²) in [4.78, 5) is 17.6. The highest BCUT2D eigenvalue weighted by atomic mass is 16.1. The first-order chi connectivity index (χ1) is 11.5. The largest absolute Gasteiger partial charge is 0.304 e. The number of nitrogens with zero attached hydrogens (tertiary/aromatic N) is 2. The van der Waals surface area contributed by atoms with Crippen LogP contribution in [0.5, 0.6) is 0 Å². The first-order valence-corrected chi connectivity index (χ1v) is 8.65. The van der Waals surface area contributed by atoms with Crippen LogP contribution in [0.3, 0.4) is 0 Å².